The molecule has 21 heavy (non-hydrogen) atoms. The van der Waals surface area contributed by atoms with Gasteiger partial charge >= 0.3 is 0 Å². The van der Waals surface area contributed by atoms with Crippen molar-refractivity contribution >= 4 is 31.6 Å². The summed E-state index contributed by atoms with van der Waals surface area (Å²) in [5.41, 5.74) is 5.94. The first kappa shape index (κ1) is 16.7. The van der Waals surface area contributed by atoms with E-state index in [-0.39, 0.29) is 29.0 Å². The van der Waals surface area contributed by atoms with Crippen LogP contribution in [-0.4, -0.2) is 15.0 Å². The number of anilines is 1. The third-order valence-electron chi connectivity index (χ3n) is 5.14. The molecule has 0 spiro atoms. The van der Waals surface area contributed by atoms with Crippen LogP contribution in [-0.2, 0) is 10.0 Å². The Bertz CT molecular complexity index is 672. The molecule has 0 bridgehead atoms. The van der Waals surface area contributed by atoms with Gasteiger partial charge in [-0.15, -0.1) is 0 Å². The van der Waals surface area contributed by atoms with Crippen molar-refractivity contribution in [1.29, 1.82) is 0 Å². The lowest BCUT2D eigenvalue weighted by Gasteiger charge is -2.10. The van der Waals surface area contributed by atoms with Crippen molar-refractivity contribution in [3.05, 3.63) is 22.4 Å². The number of rotatable bonds is 4. The molecule has 0 amide bonds. The van der Waals surface area contributed by atoms with Gasteiger partial charge in [0.25, 0.3) is 0 Å². The van der Waals surface area contributed by atoms with Gasteiger partial charge in [0.15, 0.2) is 0 Å². The predicted molar refractivity (Wildman–Crippen MR) is 84.8 cm³/mol. The molecule has 0 unspecified atom stereocenters. The molecule has 1 aliphatic carbocycles. The number of nitrogen functional groups attached to an aromatic ring is 1. The first-order chi connectivity index (χ1) is 9.41. The highest BCUT2D eigenvalue weighted by Crippen LogP contribution is 2.67. The summed E-state index contributed by atoms with van der Waals surface area (Å²) in [6.45, 7) is 8.69. The van der Waals surface area contributed by atoms with E-state index >= 15 is 0 Å². The second-order valence-electron chi connectivity index (χ2n) is 6.65. The maximum atomic E-state index is 13.9. The highest BCUT2D eigenvalue weighted by atomic mass is 79.9. The molecule has 0 aromatic heterocycles. The van der Waals surface area contributed by atoms with E-state index in [0.29, 0.717) is 4.47 Å². The highest BCUT2D eigenvalue weighted by molar-refractivity contribution is 9.10. The number of hydrogen-bond donors (Lipinski definition) is 2. The molecule has 7 heteroatoms. The summed E-state index contributed by atoms with van der Waals surface area (Å²) in [5.74, 6) is -0.603. The van der Waals surface area contributed by atoms with Gasteiger partial charge in [0.1, 0.15) is 10.7 Å². The fraction of sp³-hybridized carbons (Fsp3) is 0.571. The number of benzene rings is 1. The zero-order valence-electron chi connectivity index (χ0n) is 12.5. The highest BCUT2D eigenvalue weighted by Gasteiger charge is 2.64. The third kappa shape index (κ3) is 2.71. The van der Waals surface area contributed by atoms with Crippen LogP contribution in [0, 0.1) is 22.6 Å². The molecule has 1 fully saturated rings. The number of nitrogens with two attached hydrogens (primary N) is 1. The normalized spacial score (nSPS) is 20.5. The summed E-state index contributed by atoms with van der Waals surface area (Å²) in [6.07, 6.45) is 0. The van der Waals surface area contributed by atoms with Crippen LogP contribution in [0.4, 0.5) is 10.1 Å². The van der Waals surface area contributed by atoms with Crippen LogP contribution in [0.25, 0.3) is 0 Å². The van der Waals surface area contributed by atoms with Gasteiger partial charge in [0.2, 0.25) is 10.0 Å². The molecule has 3 N–H and O–H groups in total. The lowest BCUT2D eigenvalue weighted by molar-refractivity contribution is 0.457. The largest absolute Gasteiger partial charge is 0.398 e. The van der Waals surface area contributed by atoms with Gasteiger partial charge < -0.3 is 5.73 Å². The lowest BCUT2D eigenvalue weighted by Crippen LogP contribution is -2.28. The van der Waals surface area contributed by atoms with Gasteiger partial charge in [0, 0.05) is 16.7 Å². The molecule has 0 atom stereocenters. The molecule has 4 nitrogen and oxygen atoms in total. The van der Waals surface area contributed by atoms with E-state index in [4.69, 9.17) is 5.73 Å². The topological polar surface area (TPSA) is 72.2 Å². The van der Waals surface area contributed by atoms with Crippen LogP contribution < -0.4 is 10.5 Å². The van der Waals surface area contributed by atoms with Crippen molar-refractivity contribution in [2.45, 2.75) is 32.6 Å². The van der Waals surface area contributed by atoms with Crippen molar-refractivity contribution in [2.75, 3.05) is 12.3 Å². The van der Waals surface area contributed by atoms with Crippen LogP contribution >= 0.6 is 15.9 Å². The van der Waals surface area contributed by atoms with E-state index < -0.39 is 20.7 Å². The number of hydrogen-bond acceptors (Lipinski definition) is 3. The minimum atomic E-state index is -3.91. The molecule has 0 radical (unpaired) electrons. The van der Waals surface area contributed by atoms with Crippen molar-refractivity contribution in [3.63, 3.8) is 0 Å². The summed E-state index contributed by atoms with van der Waals surface area (Å²) in [7, 11) is -3.91. The Hall–Kier alpha value is -0.660. The van der Waals surface area contributed by atoms with Gasteiger partial charge in [-0.2, -0.15) is 0 Å². The summed E-state index contributed by atoms with van der Waals surface area (Å²) < 4.78 is 41.2. The molecule has 1 aromatic rings. The average Bonchev–Trinajstić information content (AvgIpc) is 2.71. The molecular weight excluding hydrogens is 359 g/mol. The zero-order chi connectivity index (χ0) is 16.2. The first-order valence-electron chi connectivity index (χ1n) is 6.65. The van der Waals surface area contributed by atoms with Crippen LogP contribution in [0.2, 0.25) is 0 Å². The number of sulfonamides is 1. The molecule has 118 valence electrons. The summed E-state index contributed by atoms with van der Waals surface area (Å²) in [4.78, 5) is -0.417. The molecule has 1 aliphatic rings. The summed E-state index contributed by atoms with van der Waals surface area (Å²) >= 11 is 3.07. The van der Waals surface area contributed by atoms with Crippen molar-refractivity contribution in [3.8, 4) is 0 Å². The van der Waals surface area contributed by atoms with E-state index in [2.05, 4.69) is 48.3 Å². The van der Waals surface area contributed by atoms with Crippen LogP contribution in [0.15, 0.2) is 21.5 Å². The number of nitrogens with one attached hydrogen (secondary N) is 1. The third-order valence-corrected chi connectivity index (χ3v) is 7.26. The fourth-order valence-corrected chi connectivity index (χ4v) is 4.32. The Morgan fingerprint density at radius 2 is 1.81 bits per heavy atom. The second-order valence-corrected chi connectivity index (χ2v) is 9.24. The van der Waals surface area contributed by atoms with E-state index in [1.54, 1.807) is 0 Å². The van der Waals surface area contributed by atoms with Gasteiger partial charge in [-0.1, -0.05) is 27.7 Å². The SMILES string of the molecule is CC1(C)C(CNS(=O)(=O)c2cc(N)c(Br)cc2F)C1(C)C. The first-order valence-corrected chi connectivity index (χ1v) is 8.93. The summed E-state index contributed by atoms with van der Waals surface area (Å²) in [5, 5.41) is 0. The van der Waals surface area contributed by atoms with Crippen LogP contribution in [0.1, 0.15) is 27.7 Å². The zero-order valence-corrected chi connectivity index (χ0v) is 14.9. The molecule has 0 saturated heterocycles. The standard InChI is InChI=1S/C14H20BrFN2O2S/c1-13(2)12(14(13,3)4)7-18-21(19,20)11-6-10(17)8(15)5-9(11)16/h5-6,12,18H,7,17H2,1-4H3. The lowest BCUT2D eigenvalue weighted by atomic mass is 10.0. The van der Waals surface area contributed by atoms with E-state index in [9.17, 15) is 12.8 Å². The van der Waals surface area contributed by atoms with Crippen molar-refractivity contribution in [1.82, 2.24) is 4.72 Å². The molecule has 1 saturated carbocycles. The smallest absolute Gasteiger partial charge is 0.243 e. The average molecular weight is 379 g/mol. The maximum Gasteiger partial charge on any atom is 0.243 e. The molecule has 0 aliphatic heterocycles. The van der Waals surface area contributed by atoms with E-state index in [1.807, 2.05) is 0 Å². The Morgan fingerprint density at radius 1 is 1.29 bits per heavy atom. The van der Waals surface area contributed by atoms with Crippen molar-refractivity contribution in [2.24, 2.45) is 16.7 Å². The van der Waals surface area contributed by atoms with Gasteiger partial charge in [-0.3, -0.25) is 0 Å². The Balaban J connectivity index is 2.19. The minimum absolute atomic E-state index is 0.0623. The van der Waals surface area contributed by atoms with Crippen molar-refractivity contribution < 1.29 is 12.8 Å². The quantitative estimate of drug-likeness (QED) is 0.790. The molecule has 0 heterocycles. The Labute approximate surface area is 133 Å². The van der Waals surface area contributed by atoms with Crippen LogP contribution in [0.3, 0.4) is 0 Å². The Kier molecular flexibility index (Phi) is 3.92. The monoisotopic (exact) mass is 378 g/mol. The van der Waals surface area contributed by atoms with E-state index in [1.165, 1.54) is 0 Å². The number of halogens is 2. The second kappa shape index (κ2) is 4.93. The molecular formula is C14H20BrFN2O2S. The van der Waals surface area contributed by atoms with Crippen LogP contribution in [0.5, 0.6) is 0 Å². The Morgan fingerprint density at radius 3 is 2.29 bits per heavy atom. The maximum absolute atomic E-state index is 13.9. The molecule has 1 aromatic carbocycles. The van der Waals surface area contributed by atoms with Gasteiger partial charge in [-0.25, -0.2) is 17.5 Å². The predicted octanol–water partition coefficient (Wildman–Crippen LogP) is 3.13. The molecule has 2 rings (SSSR count). The van der Waals surface area contributed by atoms with E-state index in [0.717, 1.165) is 12.1 Å². The minimum Gasteiger partial charge on any atom is -0.398 e. The fourth-order valence-electron chi connectivity index (χ4n) is 2.87. The summed E-state index contributed by atoms with van der Waals surface area (Å²) in [6, 6.07) is 2.19. The van der Waals surface area contributed by atoms with Gasteiger partial charge in [0.05, 0.1) is 0 Å². The van der Waals surface area contributed by atoms with Gasteiger partial charge in [-0.05, 0) is 44.8 Å².